The molecule has 1 aromatic heterocycles. The number of para-hydroxylation sites is 1. The molecule has 5 rings (SSSR count). The molecular formula is C26H21N3O2S. The first kappa shape index (κ1) is 20.0. The minimum absolute atomic E-state index is 0.181. The summed E-state index contributed by atoms with van der Waals surface area (Å²) in [6, 6.07) is 25.8. The summed E-state index contributed by atoms with van der Waals surface area (Å²) >= 11 is 5.46. The summed E-state index contributed by atoms with van der Waals surface area (Å²) in [6.07, 6.45) is 3.96. The van der Waals surface area contributed by atoms with E-state index in [1.54, 1.807) is 7.11 Å². The van der Waals surface area contributed by atoms with Gasteiger partial charge in [-0.2, -0.15) is 0 Å². The predicted octanol–water partition coefficient (Wildman–Crippen LogP) is 4.96. The Morgan fingerprint density at radius 2 is 1.69 bits per heavy atom. The van der Waals surface area contributed by atoms with Gasteiger partial charge in [-0.1, -0.05) is 48.5 Å². The van der Waals surface area contributed by atoms with Gasteiger partial charge in [0.2, 0.25) is 0 Å². The lowest BCUT2D eigenvalue weighted by atomic mass is 10.1. The highest BCUT2D eigenvalue weighted by Gasteiger charge is 2.32. The molecule has 0 bridgehead atoms. The summed E-state index contributed by atoms with van der Waals surface area (Å²) in [6.45, 7) is 0.752. The van der Waals surface area contributed by atoms with Crippen LogP contribution in [0.4, 0.5) is 5.69 Å². The van der Waals surface area contributed by atoms with Crippen LogP contribution >= 0.6 is 12.2 Å². The number of carbonyl (C=O) groups excluding carboxylic acids is 1. The zero-order chi connectivity index (χ0) is 22.1. The monoisotopic (exact) mass is 439 g/mol. The molecule has 32 heavy (non-hydrogen) atoms. The first-order chi connectivity index (χ1) is 15.6. The van der Waals surface area contributed by atoms with Gasteiger partial charge in [0.05, 0.1) is 12.8 Å². The maximum atomic E-state index is 13.2. The van der Waals surface area contributed by atoms with Crippen molar-refractivity contribution < 1.29 is 9.53 Å². The molecule has 1 saturated heterocycles. The average Bonchev–Trinajstić information content (AvgIpc) is 3.31. The quantitative estimate of drug-likeness (QED) is 0.353. The second kappa shape index (κ2) is 8.32. The molecule has 1 N–H and O–H groups in total. The van der Waals surface area contributed by atoms with Gasteiger partial charge < -0.3 is 14.6 Å². The SMILES string of the molecule is COc1ccc(N2C(=O)/C(=C/c3cn(Cc4ccccc4)c4ccccc34)NC2=S)cc1. The van der Waals surface area contributed by atoms with E-state index in [0.717, 1.165) is 28.8 Å². The summed E-state index contributed by atoms with van der Waals surface area (Å²) < 4.78 is 7.41. The van der Waals surface area contributed by atoms with Gasteiger partial charge in [-0.25, -0.2) is 0 Å². The van der Waals surface area contributed by atoms with Crippen LogP contribution in [-0.2, 0) is 11.3 Å². The maximum absolute atomic E-state index is 13.2. The summed E-state index contributed by atoms with van der Waals surface area (Å²) in [5, 5.41) is 4.52. The largest absolute Gasteiger partial charge is 0.497 e. The molecule has 5 nitrogen and oxygen atoms in total. The molecule has 158 valence electrons. The van der Waals surface area contributed by atoms with Crippen LogP contribution in [0.1, 0.15) is 11.1 Å². The standard InChI is InChI=1S/C26H21N3O2S/c1-31-21-13-11-20(12-14-21)29-25(30)23(27-26(29)32)15-19-17-28(16-18-7-3-2-4-8-18)24-10-6-5-9-22(19)24/h2-15,17H,16H2,1H3,(H,27,32)/b23-15-. The van der Waals surface area contributed by atoms with Gasteiger partial charge >= 0.3 is 0 Å². The van der Waals surface area contributed by atoms with Gasteiger partial charge in [-0.15, -0.1) is 0 Å². The number of nitrogens with zero attached hydrogens (tertiary/aromatic N) is 2. The summed E-state index contributed by atoms with van der Waals surface area (Å²) in [5.41, 5.74) is 4.45. The van der Waals surface area contributed by atoms with Crippen LogP contribution in [0.25, 0.3) is 17.0 Å². The fourth-order valence-corrected chi connectivity index (χ4v) is 4.26. The Bertz CT molecular complexity index is 1340. The minimum atomic E-state index is -0.181. The molecule has 0 atom stereocenters. The Morgan fingerprint density at radius 1 is 0.969 bits per heavy atom. The highest BCUT2D eigenvalue weighted by Crippen LogP contribution is 2.28. The number of fused-ring (bicyclic) bond motifs is 1. The van der Waals surface area contributed by atoms with Gasteiger partial charge in [0, 0.05) is 29.2 Å². The third-order valence-electron chi connectivity index (χ3n) is 5.52. The number of amides is 1. The second-order valence-corrected chi connectivity index (χ2v) is 7.93. The molecule has 0 spiro atoms. The molecule has 0 radical (unpaired) electrons. The number of thiocarbonyl (C=S) groups is 1. The van der Waals surface area contributed by atoms with Crippen LogP contribution in [-0.4, -0.2) is 22.7 Å². The minimum Gasteiger partial charge on any atom is -0.497 e. The Labute approximate surface area is 191 Å². The van der Waals surface area contributed by atoms with E-state index < -0.39 is 0 Å². The van der Waals surface area contributed by atoms with Crippen LogP contribution < -0.4 is 15.0 Å². The molecule has 1 aliphatic heterocycles. The van der Waals surface area contributed by atoms with E-state index in [9.17, 15) is 4.79 Å². The van der Waals surface area contributed by atoms with Gasteiger partial charge in [-0.05, 0) is 54.2 Å². The molecule has 4 aromatic rings. The van der Waals surface area contributed by atoms with Crippen LogP contribution in [0.2, 0.25) is 0 Å². The van der Waals surface area contributed by atoms with Crippen molar-refractivity contribution in [2.45, 2.75) is 6.54 Å². The molecule has 1 amide bonds. The fourth-order valence-electron chi connectivity index (χ4n) is 3.96. The van der Waals surface area contributed by atoms with E-state index in [1.807, 2.05) is 60.7 Å². The molecule has 6 heteroatoms. The number of benzene rings is 3. The third kappa shape index (κ3) is 3.65. The third-order valence-corrected chi connectivity index (χ3v) is 5.81. The van der Waals surface area contributed by atoms with Crippen molar-refractivity contribution in [2.24, 2.45) is 0 Å². The Morgan fingerprint density at radius 3 is 2.44 bits per heavy atom. The van der Waals surface area contributed by atoms with Crippen molar-refractivity contribution in [2.75, 3.05) is 12.0 Å². The van der Waals surface area contributed by atoms with Crippen molar-refractivity contribution in [3.05, 3.63) is 102 Å². The number of hydrogen-bond donors (Lipinski definition) is 1. The lowest BCUT2D eigenvalue weighted by Crippen LogP contribution is -2.30. The van der Waals surface area contributed by atoms with Crippen LogP contribution in [0.15, 0.2) is 90.8 Å². The van der Waals surface area contributed by atoms with Crippen LogP contribution in [0, 0.1) is 0 Å². The smallest absolute Gasteiger partial charge is 0.281 e. The molecule has 0 aliphatic carbocycles. The first-order valence-corrected chi connectivity index (χ1v) is 10.7. The van der Waals surface area contributed by atoms with E-state index in [4.69, 9.17) is 17.0 Å². The summed E-state index contributed by atoms with van der Waals surface area (Å²) in [4.78, 5) is 14.7. The number of hydrogen-bond acceptors (Lipinski definition) is 3. The zero-order valence-electron chi connectivity index (χ0n) is 17.5. The number of nitrogens with one attached hydrogen (secondary N) is 1. The van der Waals surface area contributed by atoms with Gasteiger partial charge in [0.1, 0.15) is 11.4 Å². The Balaban J connectivity index is 1.50. The van der Waals surface area contributed by atoms with Crippen molar-refractivity contribution >= 4 is 45.9 Å². The van der Waals surface area contributed by atoms with E-state index in [0.29, 0.717) is 16.5 Å². The number of anilines is 1. The van der Waals surface area contributed by atoms with E-state index in [1.165, 1.54) is 10.5 Å². The Kier molecular flexibility index (Phi) is 5.21. The number of rotatable bonds is 5. The van der Waals surface area contributed by atoms with E-state index >= 15 is 0 Å². The van der Waals surface area contributed by atoms with Crippen LogP contribution in [0.5, 0.6) is 5.75 Å². The lowest BCUT2D eigenvalue weighted by molar-refractivity contribution is -0.113. The number of aromatic nitrogens is 1. The normalized spacial score (nSPS) is 14.9. The Hall–Kier alpha value is -3.90. The molecule has 2 heterocycles. The molecular weight excluding hydrogens is 418 g/mol. The summed E-state index contributed by atoms with van der Waals surface area (Å²) in [5.74, 6) is 0.543. The predicted molar refractivity (Wildman–Crippen MR) is 132 cm³/mol. The first-order valence-electron chi connectivity index (χ1n) is 10.3. The van der Waals surface area contributed by atoms with Gasteiger partial charge in [0.15, 0.2) is 5.11 Å². The summed E-state index contributed by atoms with van der Waals surface area (Å²) in [7, 11) is 1.61. The van der Waals surface area contributed by atoms with Gasteiger partial charge in [0.25, 0.3) is 5.91 Å². The maximum Gasteiger partial charge on any atom is 0.281 e. The van der Waals surface area contributed by atoms with Crippen molar-refractivity contribution in [1.29, 1.82) is 0 Å². The van der Waals surface area contributed by atoms with Crippen molar-refractivity contribution in [3.63, 3.8) is 0 Å². The number of ether oxygens (including phenoxy) is 1. The second-order valence-electron chi connectivity index (χ2n) is 7.54. The topological polar surface area (TPSA) is 46.5 Å². The van der Waals surface area contributed by atoms with Crippen LogP contribution in [0.3, 0.4) is 0 Å². The van der Waals surface area contributed by atoms with Crippen molar-refractivity contribution in [3.8, 4) is 5.75 Å². The molecule has 1 aliphatic rings. The molecule has 1 fully saturated rings. The number of methoxy groups -OCH3 is 1. The highest BCUT2D eigenvalue weighted by molar-refractivity contribution is 7.80. The molecule has 0 unspecified atom stereocenters. The average molecular weight is 440 g/mol. The van der Waals surface area contributed by atoms with E-state index in [2.05, 4.69) is 40.3 Å². The molecule has 0 saturated carbocycles. The van der Waals surface area contributed by atoms with E-state index in [-0.39, 0.29) is 5.91 Å². The number of carbonyl (C=O) groups is 1. The van der Waals surface area contributed by atoms with Gasteiger partial charge in [-0.3, -0.25) is 9.69 Å². The zero-order valence-corrected chi connectivity index (χ0v) is 18.3. The lowest BCUT2D eigenvalue weighted by Gasteiger charge is -2.14. The molecule has 3 aromatic carbocycles. The van der Waals surface area contributed by atoms with Crippen molar-refractivity contribution in [1.82, 2.24) is 9.88 Å². The fraction of sp³-hybridized carbons (Fsp3) is 0.0769. The highest BCUT2D eigenvalue weighted by atomic mass is 32.1.